The minimum Gasteiger partial charge on any atom is -0.293 e. The number of rotatable bonds is 3. The lowest BCUT2D eigenvalue weighted by Crippen LogP contribution is -2.31. The Morgan fingerprint density at radius 1 is 0.960 bits per heavy atom. The molecule has 1 aliphatic rings. The average Bonchev–Trinajstić information content (AvgIpc) is 2.63. The number of hydrogen-bond donors (Lipinski definition) is 0. The highest BCUT2D eigenvalue weighted by molar-refractivity contribution is 5.85. The van der Waals surface area contributed by atoms with Gasteiger partial charge >= 0.3 is 0 Å². The van der Waals surface area contributed by atoms with E-state index in [9.17, 15) is 4.39 Å². The summed E-state index contributed by atoms with van der Waals surface area (Å²) in [5.74, 6) is -0.226. The predicted molar refractivity (Wildman–Crippen MR) is 98.9 cm³/mol. The fourth-order valence-corrected chi connectivity index (χ4v) is 3.24. The lowest BCUT2D eigenvalue weighted by molar-refractivity contribution is 0.241. The number of nitrogens with zero attached hydrogens (tertiary/aromatic N) is 3. The molecular weight excluding hydrogens is 337 g/mol. The molecule has 1 aromatic heterocycles. The lowest BCUT2D eigenvalue weighted by atomic mass is 9.98. The Labute approximate surface area is 153 Å². The van der Waals surface area contributed by atoms with Crippen LogP contribution in [0.15, 0.2) is 60.9 Å². The topological polar surface area (TPSA) is 29.0 Å². The summed E-state index contributed by atoms with van der Waals surface area (Å²) in [5.41, 5.74) is 5.46. The third kappa shape index (κ3) is 3.86. The van der Waals surface area contributed by atoms with Gasteiger partial charge < -0.3 is 0 Å². The molecule has 2 heterocycles. The molecule has 0 atom stereocenters. The first-order chi connectivity index (χ1) is 11.8. The molecular formula is C20H19ClFN3. The van der Waals surface area contributed by atoms with Crippen molar-refractivity contribution >= 4 is 12.4 Å². The van der Waals surface area contributed by atoms with E-state index in [2.05, 4.69) is 39.1 Å². The number of aromatic nitrogens is 2. The van der Waals surface area contributed by atoms with Crippen molar-refractivity contribution in [3.8, 4) is 11.3 Å². The molecule has 2 aromatic carbocycles. The van der Waals surface area contributed by atoms with Gasteiger partial charge in [-0.05, 0) is 36.2 Å². The second kappa shape index (κ2) is 7.72. The summed E-state index contributed by atoms with van der Waals surface area (Å²) in [7, 11) is 0. The van der Waals surface area contributed by atoms with Gasteiger partial charge in [0.05, 0.1) is 11.4 Å². The van der Waals surface area contributed by atoms with Crippen LogP contribution in [0.3, 0.4) is 0 Å². The molecule has 0 spiro atoms. The molecule has 4 rings (SSSR count). The second-order valence-electron chi connectivity index (χ2n) is 6.10. The molecule has 128 valence electrons. The highest BCUT2D eigenvalue weighted by Crippen LogP contribution is 2.27. The van der Waals surface area contributed by atoms with Crippen molar-refractivity contribution in [1.82, 2.24) is 14.9 Å². The van der Waals surface area contributed by atoms with E-state index in [4.69, 9.17) is 0 Å². The van der Waals surface area contributed by atoms with E-state index < -0.39 is 0 Å². The zero-order valence-electron chi connectivity index (χ0n) is 13.7. The van der Waals surface area contributed by atoms with Crippen LogP contribution in [0.4, 0.5) is 4.39 Å². The molecule has 0 amide bonds. The highest BCUT2D eigenvalue weighted by atomic mass is 35.5. The molecule has 5 heteroatoms. The summed E-state index contributed by atoms with van der Waals surface area (Å²) in [4.78, 5) is 11.3. The fourth-order valence-electron chi connectivity index (χ4n) is 3.24. The van der Waals surface area contributed by atoms with Crippen molar-refractivity contribution in [2.75, 3.05) is 6.54 Å². The van der Waals surface area contributed by atoms with E-state index in [1.807, 2.05) is 6.07 Å². The Bertz CT molecular complexity index is 837. The smallest absolute Gasteiger partial charge is 0.123 e. The molecule has 3 nitrogen and oxygen atoms in total. The van der Waals surface area contributed by atoms with Gasteiger partial charge in [0.2, 0.25) is 0 Å². The van der Waals surface area contributed by atoms with Gasteiger partial charge in [0.25, 0.3) is 0 Å². The van der Waals surface area contributed by atoms with Crippen LogP contribution < -0.4 is 0 Å². The van der Waals surface area contributed by atoms with Gasteiger partial charge in [-0.3, -0.25) is 4.90 Å². The van der Waals surface area contributed by atoms with Gasteiger partial charge in [0.1, 0.15) is 12.1 Å². The summed E-state index contributed by atoms with van der Waals surface area (Å²) >= 11 is 0. The van der Waals surface area contributed by atoms with Gasteiger partial charge in [-0.25, -0.2) is 14.4 Å². The molecule has 0 bridgehead atoms. The van der Waals surface area contributed by atoms with E-state index in [0.29, 0.717) is 0 Å². The first-order valence-electron chi connectivity index (χ1n) is 8.14. The molecule has 25 heavy (non-hydrogen) atoms. The van der Waals surface area contributed by atoms with Crippen molar-refractivity contribution in [2.24, 2.45) is 0 Å². The largest absolute Gasteiger partial charge is 0.293 e. The Balaban J connectivity index is 0.00000182. The van der Waals surface area contributed by atoms with Gasteiger partial charge in [-0.2, -0.15) is 0 Å². The minimum atomic E-state index is -0.226. The van der Waals surface area contributed by atoms with E-state index in [-0.39, 0.29) is 18.2 Å². The first kappa shape index (κ1) is 17.5. The normalized spacial score (nSPS) is 13.8. The fraction of sp³-hybridized carbons (Fsp3) is 0.200. The van der Waals surface area contributed by atoms with E-state index in [0.717, 1.165) is 43.0 Å². The van der Waals surface area contributed by atoms with Gasteiger partial charge in [-0.15, -0.1) is 12.4 Å². The maximum absolute atomic E-state index is 13.2. The van der Waals surface area contributed by atoms with E-state index in [1.54, 1.807) is 18.5 Å². The maximum Gasteiger partial charge on any atom is 0.123 e. The monoisotopic (exact) mass is 355 g/mol. The Morgan fingerprint density at radius 3 is 2.48 bits per heavy atom. The molecule has 1 aliphatic heterocycles. The molecule has 0 aliphatic carbocycles. The van der Waals surface area contributed by atoms with Gasteiger partial charge in [0, 0.05) is 30.8 Å². The quantitative estimate of drug-likeness (QED) is 0.702. The number of benzene rings is 2. The van der Waals surface area contributed by atoms with Crippen molar-refractivity contribution in [2.45, 2.75) is 19.5 Å². The molecule has 0 unspecified atom stereocenters. The van der Waals surface area contributed by atoms with Crippen molar-refractivity contribution < 1.29 is 4.39 Å². The number of hydrogen-bond acceptors (Lipinski definition) is 3. The molecule has 0 saturated carbocycles. The third-order valence-electron chi connectivity index (χ3n) is 4.45. The zero-order chi connectivity index (χ0) is 16.4. The maximum atomic E-state index is 13.2. The van der Waals surface area contributed by atoms with E-state index >= 15 is 0 Å². The molecule has 0 N–H and O–H groups in total. The molecule has 3 aromatic rings. The van der Waals surface area contributed by atoms with Crippen molar-refractivity contribution in [1.29, 1.82) is 0 Å². The Morgan fingerprint density at radius 2 is 1.72 bits per heavy atom. The Hall–Kier alpha value is -2.30. The van der Waals surface area contributed by atoms with Crippen LogP contribution in [0, 0.1) is 5.82 Å². The van der Waals surface area contributed by atoms with Crippen LogP contribution >= 0.6 is 12.4 Å². The van der Waals surface area contributed by atoms with Crippen molar-refractivity contribution in [3.63, 3.8) is 0 Å². The number of fused-ring (bicyclic) bond motifs is 1. The van der Waals surface area contributed by atoms with Crippen LogP contribution in [0.25, 0.3) is 11.3 Å². The summed E-state index contributed by atoms with van der Waals surface area (Å²) < 4.78 is 13.2. The van der Waals surface area contributed by atoms with Crippen molar-refractivity contribution in [3.05, 3.63) is 83.6 Å². The summed E-state index contributed by atoms with van der Waals surface area (Å²) in [6, 6.07) is 17.0. The second-order valence-corrected chi connectivity index (χ2v) is 6.10. The van der Waals surface area contributed by atoms with Gasteiger partial charge in [0.15, 0.2) is 0 Å². The van der Waals surface area contributed by atoms with Crippen LogP contribution in [0.5, 0.6) is 0 Å². The summed E-state index contributed by atoms with van der Waals surface area (Å²) in [5, 5.41) is 0. The lowest BCUT2D eigenvalue weighted by Gasteiger charge is -2.28. The van der Waals surface area contributed by atoms with Crippen LogP contribution in [0.1, 0.15) is 16.8 Å². The van der Waals surface area contributed by atoms with Crippen LogP contribution in [-0.4, -0.2) is 21.4 Å². The first-order valence-corrected chi connectivity index (χ1v) is 8.14. The SMILES string of the molecule is Cl.Fc1ccc(-c2ncnc3c2CCN(Cc2ccccc2)C3)cc1. The predicted octanol–water partition coefficient (Wildman–Crippen LogP) is 4.26. The third-order valence-corrected chi connectivity index (χ3v) is 4.45. The van der Waals surface area contributed by atoms with Crippen LogP contribution in [0.2, 0.25) is 0 Å². The molecule has 0 radical (unpaired) electrons. The molecule has 0 saturated heterocycles. The summed E-state index contributed by atoms with van der Waals surface area (Å²) in [6.45, 7) is 2.72. The molecule has 0 fully saturated rings. The van der Waals surface area contributed by atoms with E-state index in [1.165, 1.54) is 23.3 Å². The average molecular weight is 356 g/mol. The zero-order valence-corrected chi connectivity index (χ0v) is 14.5. The van der Waals surface area contributed by atoms with Gasteiger partial charge in [-0.1, -0.05) is 30.3 Å². The highest BCUT2D eigenvalue weighted by Gasteiger charge is 2.21. The number of halogens is 2. The van der Waals surface area contributed by atoms with Crippen LogP contribution in [-0.2, 0) is 19.5 Å². The Kier molecular flexibility index (Phi) is 5.41. The standard InChI is InChI=1S/C20H18FN3.ClH/c21-17-8-6-16(7-9-17)20-18-10-11-24(13-19(18)22-14-23-20)12-15-4-2-1-3-5-15;/h1-9,14H,10-13H2;1H. The minimum absolute atomic E-state index is 0. The summed E-state index contributed by atoms with van der Waals surface area (Å²) in [6.07, 6.45) is 2.53.